The quantitative estimate of drug-likeness (QED) is 0.797. The van der Waals surface area contributed by atoms with E-state index in [0.717, 1.165) is 27.2 Å². The fraction of sp³-hybridized carbons (Fsp3) is 0.133. The summed E-state index contributed by atoms with van der Waals surface area (Å²) in [7, 11) is 3.28. The number of methoxy groups -OCH3 is 2. The highest BCUT2D eigenvalue weighted by atomic mass is 79.9. The molecule has 0 amide bonds. The Morgan fingerprint density at radius 3 is 2.11 bits per heavy atom. The van der Waals surface area contributed by atoms with Crippen LogP contribution in [-0.2, 0) is 0 Å². The molecule has 1 aromatic carbocycles. The summed E-state index contributed by atoms with van der Waals surface area (Å²) in [4.78, 5) is 4.17. The Bertz CT molecular complexity index is 557. The molecule has 0 atom stereocenters. The summed E-state index contributed by atoms with van der Waals surface area (Å²) >= 11 is 3.31. The van der Waals surface area contributed by atoms with Gasteiger partial charge in [-0.15, -0.1) is 0 Å². The molecule has 0 N–H and O–H groups in total. The highest BCUT2D eigenvalue weighted by Crippen LogP contribution is 2.23. The molecule has 0 saturated carbocycles. The molecule has 0 aliphatic rings. The van der Waals surface area contributed by atoms with Crippen molar-refractivity contribution in [3.8, 4) is 11.5 Å². The number of halogens is 1. The predicted molar refractivity (Wildman–Crippen MR) is 80.4 cm³/mol. The fourth-order valence-electron chi connectivity index (χ4n) is 1.60. The van der Waals surface area contributed by atoms with Crippen LogP contribution in [0.25, 0.3) is 12.2 Å². The summed E-state index contributed by atoms with van der Waals surface area (Å²) in [6.45, 7) is 0. The molecule has 1 aromatic heterocycles. The first-order chi connectivity index (χ1) is 9.21. The largest absolute Gasteiger partial charge is 0.497 e. The van der Waals surface area contributed by atoms with Crippen LogP contribution in [0.3, 0.4) is 0 Å². The summed E-state index contributed by atoms with van der Waals surface area (Å²) in [5, 5.41) is 0. The van der Waals surface area contributed by atoms with Crippen molar-refractivity contribution in [2.45, 2.75) is 0 Å². The first kappa shape index (κ1) is 13.6. The highest BCUT2D eigenvalue weighted by Gasteiger charge is 1.99. The zero-order valence-corrected chi connectivity index (χ0v) is 12.3. The van der Waals surface area contributed by atoms with Gasteiger partial charge in [0.15, 0.2) is 0 Å². The molecule has 0 fully saturated rings. The monoisotopic (exact) mass is 319 g/mol. The van der Waals surface area contributed by atoms with E-state index >= 15 is 0 Å². The van der Waals surface area contributed by atoms with Gasteiger partial charge >= 0.3 is 0 Å². The van der Waals surface area contributed by atoms with E-state index in [9.17, 15) is 0 Å². The lowest BCUT2D eigenvalue weighted by Gasteiger charge is -2.05. The van der Waals surface area contributed by atoms with Crippen LogP contribution in [-0.4, -0.2) is 19.2 Å². The molecular formula is C15H14BrNO2. The van der Waals surface area contributed by atoms with E-state index in [-0.39, 0.29) is 0 Å². The van der Waals surface area contributed by atoms with Gasteiger partial charge < -0.3 is 9.47 Å². The van der Waals surface area contributed by atoms with Gasteiger partial charge in [0.1, 0.15) is 16.1 Å². The zero-order chi connectivity index (χ0) is 13.7. The maximum absolute atomic E-state index is 5.23. The van der Waals surface area contributed by atoms with Crippen molar-refractivity contribution in [1.29, 1.82) is 0 Å². The van der Waals surface area contributed by atoms with E-state index in [1.54, 1.807) is 20.4 Å². The SMILES string of the molecule is COc1cc(C=Cc2ccc(Br)nc2)cc(OC)c1. The number of rotatable bonds is 4. The Morgan fingerprint density at radius 1 is 0.947 bits per heavy atom. The second kappa shape index (κ2) is 6.38. The number of nitrogens with zero attached hydrogens (tertiary/aromatic N) is 1. The van der Waals surface area contributed by atoms with Crippen LogP contribution >= 0.6 is 15.9 Å². The average Bonchev–Trinajstić information content (AvgIpc) is 2.46. The van der Waals surface area contributed by atoms with Crippen LogP contribution in [0.15, 0.2) is 41.1 Å². The molecule has 19 heavy (non-hydrogen) atoms. The Labute approximate surface area is 121 Å². The van der Waals surface area contributed by atoms with Gasteiger partial charge in [0.2, 0.25) is 0 Å². The lowest BCUT2D eigenvalue weighted by molar-refractivity contribution is 0.394. The standard InChI is InChI=1S/C15H14BrNO2/c1-18-13-7-12(8-14(9-13)19-2)4-3-11-5-6-15(16)17-10-11/h3-10H,1-2H3. The Balaban J connectivity index is 2.24. The molecule has 1 heterocycles. The van der Waals surface area contributed by atoms with Gasteiger partial charge in [0, 0.05) is 12.3 Å². The molecule has 0 bridgehead atoms. The fourth-order valence-corrected chi connectivity index (χ4v) is 1.84. The van der Waals surface area contributed by atoms with Gasteiger partial charge in [-0.25, -0.2) is 4.98 Å². The molecule has 98 valence electrons. The summed E-state index contributed by atoms with van der Waals surface area (Å²) in [5.74, 6) is 1.54. The number of aromatic nitrogens is 1. The Kier molecular flexibility index (Phi) is 4.58. The Morgan fingerprint density at radius 2 is 1.58 bits per heavy atom. The predicted octanol–water partition coefficient (Wildman–Crippen LogP) is 4.03. The van der Waals surface area contributed by atoms with E-state index in [1.807, 2.05) is 42.5 Å². The zero-order valence-electron chi connectivity index (χ0n) is 10.8. The number of benzene rings is 1. The molecule has 0 aliphatic heterocycles. The number of pyridine rings is 1. The number of hydrogen-bond donors (Lipinski definition) is 0. The van der Waals surface area contributed by atoms with Gasteiger partial charge in [-0.3, -0.25) is 0 Å². The minimum atomic E-state index is 0.771. The summed E-state index contributed by atoms with van der Waals surface area (Å²) in [6.07, 6.45) is 5.79. The number of hydrogen-bond acceptors (Lipinski definition) is 3. The summed E-state index contributed by atoms with van der Waals surface area (Å²) in [6, 6.07) is 9.64. The van der Waals surface area contributed by atoms with Crippen molar-refractivity contribution >= 4 is 28.1 Å². The number of ether oxygens (including phenoxy) is 2. The van der Waals surface area contributed by atoms with Crippen LogP contribution < -0.4 is 9.47 Å². The van der Waals surface area contributed by atoms with Crippen LogP contribution in [0, 0.1) is 0 Å². The second-order valence-electron chi connectivity index (χ2n) is 3.89. The summed E-state index contributed by atoms with van der Waals surface area (Å²) < 4.78 is 11.3. The molecule has 0 spiro atoms. The third-order valence-electron chi connectivity index (χ3n) is 2.59. The van der Waals surface area contributed by atoms with Crippen molar-refractivity contribution in [3.63, 3.8) is 0 Å². The topological polar surface area (TPSA) is 31.4 Å². The molecule has 2 rings (SSSR count). The first-order valence-electron chi connectivity index (χ1n) is 5.74. The van der Waals surface area contributed by atoms with Gasteiger partial charge in [0.25, 0.3) is 0 Å². The molecule has 2 aromatic rings. The van der Waals surface area contributed by atoms with Crippen molar-refractivity contribution in [3.05, 3.63) is 52.3 Å². The minimum Gasteiger partial charge on any atom is -0.497 e. The van der Waals surface area contributed by atoms with E-state index in [4.69, 9.17) is 9.47 Å². The molecule has 4 heteroatoms. The van der Waals surface area contributed by atoms with Crippen molar-refractivity contribution in [1.82, 2.24) is 4.98 Å². The van der Waals surface area contributed by atoms with Crippen LogP contribution in [0.2, 0.25) is 0 Å². The van der Waals surface area contributed by atoms with Crippen molar-refractivity contribution in [2.75, 3.05) is 14.2 Å². The van der Waals surface area contributed by atoms with E-state index in [1.165, 1.54) is 0 Å². The Hall–Kier alpha value is -1.81. The highest BCUT2D eigenvalue weighted by molar-refractivity contribution is 9.10. The smallest absolute Gasteiger partial charge is 0.123 e. The summed E-state index contributed by atoms with van der Waals surface area (Å²) in [5.41, 5.74) is 2.05. The van der Waals surface area contributed by atoms with Gasteiger partial charge in [-0.05, 0) is 45.3 Å². The minimum absolute atomic E-state index is 0.771. The lowest BCUT2D eigenvalue weighted by Crippen LogP contribution is -1.88. The molecule has 3 nitrogen and oxygen atoms in total. The lowest BCUT2D eigenvalue weighted by atomic mass is 10.1. The molecule has 0 radical (unpaired) electrons. The normalized spacial score (nSPS) is 10.7. The van der Waals surface area contributed by atoms with Gasteiger partial charge in [0.05, 0.1) is 14.2 Å². The maximum Gasteiger partial charge on any atom is 0.123 e. The second-order valence-corrected chi connectivity index (χ2v) is 4.71. The van der Waals surface area contributed by atoms with E-state index < -0.39 is 0 Å². The van der Waals surface area contributed by atoms with E-state index in [2.05, 4.69) is 20.9 Å². The van der Waals surface area contributed by atoms with Gasteiger partial charge in [-0.2, -0.15) is 0 Å². The molecule has 0 unspecified atom stereocenters. The van der Waals surface area contributed by atoms with Crippen molar-refractivity contribution in [2.24, 2.45) is 0 Å². The maximum atomic E-state index is 5.23. The molecule has 0 aliphatic carbocycles. The van der Waals surface area contributed by atoms with Crippen molar-refractivity contribution < 1.29 is 9.47 Å². The van der Waals surface area contributed by atoms with Crippen LogP contribution in [0.4, 0.5) is 0 Å². The third kappa shape index (κ3) is 3.83. The first-order valence-corrected chi connectivity index (χ1v) is 6.53. The molecule has 0 saturated heterocycles. The average molecular weight is 320 g/mol. The van der Waals surface area contributed by atoms with Crippen LogP contribution in [0.5, 0.6) is 11.5 Å². The molecular weight excluding hydrogens is 306 g/mol. The third-order valence-corrected chi connectivity index (χ3v) is 3.06. The van der Waals surface area contributed by atoms with Crippen LogP contribution in [0.1, 0.15) is 11.1 Å². The van der Waals surface area contributed by atoms with E-state index in [0.29, 0.717) is 0 Å². The van der Waals surface area contributed by atoms with Gasteiger partial charge in [-0.1, -0.05) is 18.2 Å².